The van der Waals surface area contributed by atoms with Gasteiger partial charge in [-0.25, -0.2) is 4.98 Å². The Balaban J connectivity index is 2.18. The van der Waals surface area contributed by atoms with Crippen LogP contribution in [0.3, 0.4) is 0 Å². The molecule has 114 valence electrons. The second-order valence-corrected chi connectivity index (χ2v) is 4.96. The van der Waals surface area contributed by atoms with Crippen LogP contribution in [-0.4, -0.2) is 40.5 Å². The molecule has 6 nitrogen and oxygen atoms in total. The average molecular weight is 298 g/mol. The van der Waals surface area contributed by atoms with Crippen LogP contribution in [-0.2, 0) is 0 Å². The molecule has 3 N–H and O–H groups in total. The Bertz CT molecular complexity index is 798. The second kappa shape index (κ2) is 6.03. The number of rotatable bonds is 5. The lowest BCUT2D eigenvalue weighted by molar-refractivity contribution is 0.311. The van der Waals surface area contributed by atoms with Crippen molar-refractivity contribution in [1.29, 1.82) is 0 Å². The van der Waals surface area contributed by atoms with Crippen molar-refractivity contribution in [2.75, 3.05) is 25.6 Å². The molecule has 6 heteroatoms. The monoisotopic (exact) mass is 298 g/mol. The first kappa shape index (κ1) is 14.3. The summed E-state index contributed by atoms with van der Waals surface area (Å²) in [4.78, 5) is 4.60. The summed E-state index contributed by atoms with van der Waals surface area (Å²) in [5.74, 6) is 0.754. The summed E-state index contributed by atoms with van der Waals surface area (Å²) < 4.78 is 5.41. The molecule has 0 aliphatic rings. The molecule has 0 bridgehead atoms. The van der Waals surface area contributed by atoms with Crippen molar-refractivity contribution in [3.05, 3.63) is 36.0 Å². The highest BCUT2D eigenvalue weighted by Crippen LogP contribution is 2.34. The number of aromatic nitrogens is 3. The Morgan fingerprint density at radius 3 is 2.91 bits per heavy atom. The number of benzene rings is 1. The first-order valence-electron chi connectivity index (χ1n) is 7.08. The number of H-pyrrole nitrogens is 1. The van der Waals surface area contributed by atoms with Gasteiger partial charge in [-0.1, -0.05) is 12.1 Å². The largest absolute Gasteiger partial charge is 0.496 e. The van der Waals surface area contributed by atoms with E-state index in [-0.39, 0.29) is 6.61 Å². The fourth-order valence-electron chi connectivity index (χ4n) is 2.48. The predicted molar refractivity (Wildman–Crippen MR) is 86.2 cm³/mol. The van der Waals surface area contributed by atoms with Crippen LogP contribution >= 0.6 is 0 Å². The normalized spacial score (nSPS) is 10.9. The molecule has 0 unspecified atom stereocenters. The molecule has 0 aliphatic carbocycles. The number of anilines is 1. The zero-order valence-electron chi connectivity index (χ0n) is 12.6. The van der Waals surface area contributed by atoms with Gasteiger partial charge in [-0.3, -0.25) is 5.10 Å². The van der Waals surface area contributed by atoms with Gasteiger partial charge in [0.05, 0.1) is 19.4 Å². The van der Waals surface area contributed by atoms with E-state index in [4.69, 9.17) is 9.84 Å². The van der Waals surface area contributed by atoms with E-state index in [0.29, 0.717) is 6.54 Å². The van der Waals surface area contributed by atoms with E-state index >= 15 is 0 Å². The highest BCUT2D eigenvalue weighted by Gasteiger charge is 2.16. The molecule has 0 fully saturated rings. The summed E-state index contributed by atoms with van der Waals surface area (Å²) >= 11 is 0. The van der Waals surface area contributed by atoms with Gasteiger partial charge in [-0.15, -0.1) is 0 Å². The Hall–Kier alpha value is -2.60. The van der Waals surface area contributed by atoms with Crippen molar-refractivity contribution in [3.63, 3.8) is 0 Å². The van der Waals surface area contributed by atoms with Gasteiger partial charge in [0, 0.05) is 17.8 Å². The number of ether oxygens (including phenoxy) is 1. The average Bonchev–Trinajstić information content (AvgIpc) is 2.96. The fourth-order valence-corrected chi connectivity index (χ4v) is 2.48. The van der Waals surface area contributed by atoms with E-state index in [1.807, 2.05) is 37.3 Å². The molecular weight excluding hydrogens is 280 g/mol. The minimum Gasteiger partial charge on any atom is -0.496 e. The molecule has 0 amide bonds. The lowest BCUT2D eigenvalue weighted by Gasteiger charge is -2.08. The molecule has 3 rings (SSSR count). The molecule has 2 aromatic heterocycles. The Morgan fingerprint density at radius 2 is 2.14 bits per heavy atom. The van der Waals surface area contributed by atoms with E-state index in [1.165, 1.54) is 0 Å². The summed E-state index contributed by atoms with van der Waals surface area (Å²) in [5.41, 5.74) is 5.01. The number of nitrogens with one attached hydrogen (secondary N) is 2. The number of fused-ring (bicyclic) bond motifs is 1. The number of para-hydroxylation sites is 1. The van der Waals surface area contributed by atoms with Crippen LogP contribution in [0, 0.1) is 6.92 Å². The number of nitrogens with zero attached hydrogens (tertiary/aromatic N) is 2. The summed E-state index contributed by atoms with van der Waals surface area (Å²) in [6.07, 6.45) is 0. The van der Waals surface area contributed by atoms with Crippen molar-refractivity contribution in [3.8, 4) is 17.0 Å². The molecule has 0 saturated heterocycles. The Labute approximate surface area is 128 Å². The number of aryl methyl sites for hydroxylation is 1. The van der Waals surface area contributed by atoms with Crippen LogP contribution in [0.2, 0.25) is 0 Å². The smallest absolute Gasteiger partial charge is 0.128 e. The van der Waals surface area contributed by atoms with Crippen LogP contribution < -0.4 is 10.1 Å². The number of hydrogen-bond donors (Lipinski definition) is 3. The lowest BCUT2D eigenvalue weighted by atomic mass is 10.1. The number of aliphatic hydroxyl groups excluding tert-OH is 1. The van der Waals surface area contributed by atoms with Crippen molar-refractivity contribution in [1.82, 2.24) is 15.2 Å². The minimum atomic E-state index is 0.0658. The fraction of sp³-hybridized carbons (Fsp3) is 0.250. The van der Waals surface area contributed by atoms with Crippen molar-refractivity contribution in [2.45, 2.75) is 6.92 Å². The quantitative estimate of drug-likeness (QED) is 0.673. The summed E-state index contributed by atoms with van der Waals surface area (Å²) in [7, 11) is 1.64. The summed E-state index contributed by atoms with van der Waals surface area (Å²) in [6.45, 7) is 2.47. The topological polar surface area (TPSA) is 83.1 Å². The van der Waals surface area contributed by atoms with Gasteiger partial charge < -0.3 is 15.2 Å². The van der Waals surface area contributed by atoms with Gasteiger partial charge in [0.15, 0.2) is 0 Å². The number of hydrogen-bond acceptors (Lipinski definition) is 5. The second-order valence-electron chi connectivity index (χ2n) is 4.96. The van der Waals surface area contributed by atoms with Crippen LogP contribution in [0.1, 0.15) is 5.69 Å². The van der Waals surface area contributed by atoms with E-state index in [0.717, 1.165) is 39.4 Å². The van der Waals surface area contributed by atoms with E-state index in [2.05, 4.69) is 20.5 Å². The lowest BCUT2D eigenvalue weighted by Crippen LogP contribution is -2.06. The van der Waals surface area contributed by atoms with Crippen LogP contribution in [0.5, 0.6) is 5.75 Å². The molecule has 0 atom stereocenters. The zero-order valence-corrected chi connectivity index (χ0v) is 12.6. The third kappa shape index (κ3) is 2.48. The molecule has 1 aromatic carbocycles. The minimum absolute atomic E-state index is 0.0658. The number of methoxy groups -OCH3 is 1. The molecule has 0 spiro atoms. The molecule has 2 heterocycles. The molecule has 0 radical (unpaired) electrons. The third-order valence-electron chi connectivity index (χ3n) is 3.44. The first-order chi connectivity index (χ1) is 10.7. The number of aliphatic hydroxyl groups is 1. The van der Waals surface area contributed by atoms with Crippen molar-refractivity contribution >= 4 is 16.7 Å². The highest BCUT2D eigenvalue weighted by atomic mass is 16.5. The van der Waals surface area contributed by atoms with Gasteiger partial charge in [-0.2, -0.15) is 5.10 Å². The van der Waals surface area contributed by atoms with Crippen molar-refractivity contribution in [2.24, 2.45) is 0 Å². The predicted octanol–water partition coefficient (Wildman–Crippen LogP) is 2.35. The SMILES string of the molecule is COc1ccccc1-c1n[nH]c2c(NCCO)cc(C)nc12. The zero-order chi connectivity index (χ0) is 15.5. The Kier molecular flexibility index (Phi) is 3.93. The maximum absolute atomic E-state index is 9.00. The third-order valence-corrected chi connectivity index (χ3v) is 3.44. The molecule has 0 saturated carbocycles. The van der Waals surface area contributed by atoms with Gasteiger partial charge in [0.2, 0.25) is 0 Å². The summed E-state index contributed by atoms with van der Waals surface area (Å²) in [6, 6.07) is 9.65. The summed E-state index contributed by atoms with van der Waals surface area (Å²) in [5, 5.41) is 19.6. The van der Waals surface area contributed by atoms with Crippen LogP contribution in [0.4, 0.5) is 5.69 Å². The van der Waals surface area contributed by atoms with Crippen LogP contribution in [0.15, 0.2) is 30.3 Å². The van der Waals surface area contributed by atoms with E-state index in [1.54, 1.807) is 7.11 Å². The Morgan fingerprint density at radius 1 is 1.32 bits per heavy atom. The molecular formula is C16H18N4O2. The molecule has 22 heavy (non-hydrogen) atoms. The van der Waals surface area contributed by atoms with E-state index < -0.39 is 0 Å². The van der Waals surface area contributed by atoms with E-state index in [9.17, 15) is 0 Å². The van der Waals surface area contributed by atoms with Crippen molar-refractivity contribution < 1.29 is 9.84 Å². The maximum atomic E-state index is 9.00. The molecule has 0 aliphatic heterocycles. The van der Waals surface area contributed by atoms with Gasteiger partial charge in [-0.05, 0) is 25.1 Å². The molecule has 3 aromatic rings. The van der Waals surface area contributed by atoms with Gasteiger partial charge in [0.25, 0.3) is 0 Å². The van der Waals surface area contributed by atoms with Crippen LogP contribution in [0.25, 0.3) is 22.3 Å². The van der Waals surface area contributed by atoms with Gasteiger partial charge in [0.1, 0.15) is 22.5 Å². The number of aromatic amines is 1. The number of pyridine rings is 1. The standard InChI is InChI=1S/C16H18N4O2/c1-10-9-12(17-7-8-21)15-16(18-10)14(19-20-15)11-5-3-4-6-13(11)22-2/h3-6,9,21H,7-8H2,1-2H3,(H,17,18)(H,19,20). The first-order valence-corrected chi connectivity index (χ1v) is 7.08. The van der Waals surface area contributed by atoms with Gasteiger partial charge >= 0.3 is 0 Å². The highest BCUT2D eigenvalue weighted by molar-refractivity contribution is 5.97. The maximum Gasteiger partial charge on any atom is 0.128 e.